The van der Waals surface area contributed by atoms with E-state index in [9.17, 15) is 8.42 Å². The molecule has 0 amide bonds. The van der Waals surface area contributed by atoms with Crippen LogP contribution < -0.4 is 0 Å². The van der Waals surface area contributed by atoms with Crippen molar-refractivity contribution in [1.29, 1.82) is 0 Å². The van der Waals surface area contributed by atoms with Crippen LogP contribution in [0.2, 0.25) is 0 Å². The Hall–Kier alpha value is -0.450. The maximum atomic E-state index is 10.8. The molecule has 0 aliphatic heterocycles. The summed E-state index contributed by atoms with van der Waals surface area (Å²) in [4.78, 5) is -0.190. The van der Waals surface area contributed by atoms with E-state index in [1.807, 2.05) is 0 Å². The molecular formula is C7H7N4NaO3S2. The van der Waals surface area contributed by atoms with Crippen LogP contribution in [0.1, 0.15) is 0 Å². The van der Waals surface area contributed by atoms with Gasteiger partial charge in [0.25, 0.3) is 10.1 Å². The van der Waals surface area contributed by atoms with E-state index in [1.54, 1.807) is 0 Å². The Morgan fingerprint density at radius 3 is 2.24 bits per heavy atom. The molecule has 0 spiro atoms. The molecule has 0 saturated heterocycles. The fraction of sp³-hybridized carbons (Fsp3) is 0. The van der Waals surface area contributed by atoms with Crippen LogP contribution in [-0.4, -0.2) is 62.7 Å². The van der Waals surface area contributed by atoms with E-state index < -0.39 is 10.1 Å². The van der Waals surface area contributed by atoms with E-state index in [1.165, 1.54) is 28.9 Å². The Bertz CT molecular complexity index is 610. The number of thiol groups is 1. The van der Waals surface area contributed by atoms with Crippen LogP contribution in [0.15, 0.2) is 34.3 Å². The van der Waals surface area contributed by atoms with Crippen molar-refractivity contribution in [2.45, 2.75) is 10.1 Å². The maximum absolute atomic E-state index is 10.8. The molecule has 1 heterocycles. The molecule has 0 saturated carbocycles. The molecule has 1 N–H and O–H groups in total. The molecule has 17 heavy (non-hydrogen) atoms. The monoisotopic (exact) mass is 282 g/mol. The first kappa shape index (κ1) is 14.6. The van der Waals surface area contributed by atoms with Crippen molar-refractivity contribution in [2.75, 3.05) is 0 Å². The van der Waals surface area contributed by atoms with Crippen LogP contribution in [0.25, 0.3) is 5.69 Å². The summed E-state index contributed by atoms with van der Waals surface area (Å²) in [5.41, 5.74) is 0.544. The third-order valence-electron chi connectivity index (χ3n) is 1.83. The Kier molecular flexibility index (Phi) is 4.69. The van der Waals surface area contributed by atoms with Gasteiger partial charge >= 0.3 is 29.6 Å². The fourth-order valence-electron chi connectivity index (χ4n) is 1.11. The molecule has 0 fully saturated rings. The molecule has 86 valence electrons. The van der Waals surface area contributed by atoms with E-state index >= 15 is 0 Å². The minimum absolute atomic E-state index is 0. The van der Waals surface area contributed by atoms with Gasteiger partial charge in [0, 0.05) is 0 Å². The van der Waals surface area contributed by atoms with Gasteiger partial charge < -0.3 is 0 Å². The molecule has 1 aromatic heterocycles. The molecule has 7 nitrogen and oxygen atoms in total. The van der Waals surface area contributed by atoms with Gasteiger partial charge in [-0.25, -0.2) is 0 Å². The molecule has 2 rings (SSSR count). The summed E-state index contributed by atoms with van der Waals surface area (Å²) in [6.45, 7) is 0. The Balaban J connectivity index is 0.00000144. The summed E-state index contributed by atoms with van der Waals surface area (Å²) in [6.07, 6.45) is 0. The second-order valence-electron chi connectivity index (χ2n) is 2.86. The number of aromatic nitrogens is 4. The van der Waals surface area contributed by atoms with Crippen LogP contribution in [0.3, 0.4) is 0 Å². The van der Waals surface area contributed by atoms with Gasteiger partial charge in [0.05, 0.1) is 10.6 Å². The summed E-state index contributed by atoms with van der Waals surface area (Å²) < 4.78 is 31.7. The molecule has 0 atom stereocenters. The zero-order valence-electron chi connectivity index (χ0n) is 7.72. The van der Waals surface area contributed by atoms with Crippen molar-refractivity contribution in [3.8, 4) is 5.69 Å². The van der Waals surface area contributed by atoms with Crippen molar-refractivity contribution < 1.29 is 13.0 Å². The SMILES string of the molecule is O=S(=O)(O)c1ccc(-n2nnnc2S)cc1.[NaH]. The average Bonchev–Trinajstić information content (AvgIpc) is 2.63. The predicted molar refractivity (Wildman–Crippen MR) is 63.4 cm³/mol. The molecule has 0 bridgehead atoms. The summed E-state index contributed by atoms with van der Waals surface area (Å²) >= 11 is 4.00. The van der Waals surface area contributed by atoms with E-state index in [4.69, 9.17) is 4.55 Å². The van der Waals surface area contributed by atoms with Gasteiger partial charge in [-0.05, 0) is 34.7 Å². The molecule has 10 heteroatoms. The van der Waals surface area contributed by atoms with Gasteiger partial charge in [-0.2, -0.15) is 13.1 Å². The van der Waals surface area contributed by atoms with Crippen molar-refractivity contribution in [1.82, 2.24) is 20.2 Å². The van der Waals surface area contributed by atoms with Crippen LogP contribution in [0, 0.1) is 0 Å². The first-order valence-electron chi connectivity index (χ1n) is 4.04. The second-order valence-corrected chi connectivity index (χ2v) is 4.68. The standard InChI is InChI=1S/C7H6N4O3S2.Na.H/c12-16(13,14)6-3-1-5(2-4-6)11-7(15)8-9-10-11;;/h1-4H,(H,8,10,15)(H,12,13,14);;. The normalized spacial score (nSPS) is 10.9. The number of tetrazole rings is 1. The van der Waals surface area contributed by atoms with E-state index in [0.29, 0.717) is 5.69 Å². The number of hydrogen-bond donors (Lipinski definition) is 2. The molecule has 1 aromatic carbocycles. The zero-order valence-corrected chi connectivity index (χ0v) is 9.43. The second kappa shape index (κ2) is 5.46. The zero-order chi connectivity index (χ0) is 11.8. The van der Waals surface area contributed by atoms with Gasteiger partial charge in [0.2, 0.25) is 5.16 Å². The summed E-state index contributed by atoms with van der Waals surface area (Å²) in [5, 5.41) is 10.9. The van der Waals surface area contributed by atoms with Gasteiger partial charge in [-0.3, -0.25) is 4.55 Å². The third kappa shape index (κ3) is 3.27. The first-order valence-corrected chi connectivity index (χ1v) is 5.92. The summed E-state index contributed by atoms with van der Waals surface area (Å²) in [7, 11) is -4.18. The quantitative estimate of drug-likeness (QED) is 0.440. The number of benzene rings is 1. The van der Waals surface area contributed by atoms with Crippen LogP contribution >= 0.6 is 12.6 Å². The van der Waals surface area contributed by atoms with Crippen LogP contribution in [0.4, 0.5) is 0 Å². The van der Waals surface area contributed by atoms with E-state index in [0.717, 1.165) is 0 Å². The average molecular weight is 282 g/mol. The van der Waals surface area contributed by atoms with Crippen molar-refractivity contribution in [3.63, 3.8) is 0 Å². The fourth-order valence-corrected chi connectivity index (χ4v) is 1.78. The van der Waals surface area contributed by atoms with E-state index in [-0.39, 0.29) is 39.6 Å². The molecule has 0 radical (unpaired) electrons. The van der Waals surface area contributed by atoms with Gasteiger partial charge in [-0.15, -0.1) is 17.7 Å². The van der Waals surface area contributed by atoms with Gasteiger partial charge in [-0.1, -0.05) is 0 Å². The predicted octanol–water partition coefficient (Wildman–Crippen LogP) is -0.451. The molecule has 0 aliphatic carbocycles. The molecule has 2 aromatic rings. The Morgan fingerprint density at radius 2 is 1.82 bits per heavy atom. The summed E-state index contributed by atoms with van der Waals surface area (Å²) in [6, 6.07) is 5.41. The topological polar surface area (TPSA) is 98.0 Å². The molecular weight excluding hydrogens is 275 g/mol. The number of rotatable bonds is 2. The minimum atomic E-state index is -4.18. The van der Waals surface area contributed by atoms with Crippen molar-refractivity contribution >= 4 is 52.3 Å². The van der Waals surface area contributed by atoms with Crippen molar-refractivity contribution in [2.24, 2.45) is 0 Å². The molecule has 0 aliphatic rings. The van der Waals surface area contributed by atoms with E-state index in [2.05, 4.69) is 28.2 Å². The van der Waals surface area contributed by atoms with Gasteiger partial charge in [0.1, 0.15) is 0 Å². The Morgan fingerprint density at radius 1 is 1.24 bits per heavy atom. The summed E-state index contributed by atoms with van der Waals surface area (Å²) in [5.74, 6) is 0. The first-order chi connectivity index (χ1) is 7.48. The van der Waals surface area contributed by atoms with Gasteiger partial charge in [0.15, 0.2) is 0 Å². The van der Waals surface area contributed by atoms with Crippen LogP contribution in [-0.2, 0) is 10.1 Å². The third-order valence-corrected chi connectivity index (χ3v) is 2.98. The number of hydrogen-bond acceptors (Lipinski definition) is 6. The molecule has 0 unspecified atom stereocenters. The van der Waals surface area contributed by atoms with Crippen LogP contribution in [0.5, 0.6) is 0 Å². The Labute approximate surface area is 125 Å². The van der Waals surface area contributed by atoms with Crippen molar-refractivity contribution in [3.05, 3.63) is 24.3 Å². The number of nitrogens with zero attached hydrogens (tertiary/aromatic N) is 4.